The van der Waals surface area contributed by atoms with Crippen molar-refractivity contribution in [3.8, 4) is 11.4 Å². The molecule has 2 aromatic heterocycles. The van der Waals surface area contributed by atoms with Gasteiger partial charge in [-0.25, -0.2) is 0 Å². The Bertz CT molecular complexity index is 552. The van der Waals surface area contributed by atoms with Crippen molar-refractivity contribution in [1.29, 1.82) is 0 Å². The van der Waals surface area contributed by atoms with Crippen molar-refractivity contribution in [2.24, 2.45) is 0 Å². The highest BCUT2D eigenvalue weighted by atomic mass is 15.3. The number of nitrogens with one attached hydrogen (secondary N) is 1. The summed E-state index contributed by atoms with van der Waals surface area (Å²) < 4.78 is 0. The van der Waals surface area contributed by atoms with Crippen molar-refractivity contribution in [3.05, 3.63) is 24.0 Å². The maximum Gasteiger partial charge on any atom is 0.230 e. The van der Waals surface area contributed by atoms with Crippen molar-refractivity contribution in [3.63, 3.8) is 0 Å². The Balaban J connectivity index is 2.57. The Morgan fingerprint density at radius 1 is 1.17 bits per heavy atom. The minimum absolute atomic E-state index is 0.555. The molecule has 0 aliphatic heterocycles. The van der Waals surface area contributed by atoms with Gasteiger partial charge >= 0.3 is 0 Å². The Labute approximate surface area is 106 Å². The zero-order valence-corrected chi connectivity index (χ0v) is 11.0. The molecule has 0 spiro atoms. The third kappa shape index (κ3) is 2.37. The second-order valence-electron chi connectivity index (χ2n) is 4.12. The highest BCUT2D eigenvalue weighted by molar-refractivity contribution is 5.61. The molecule has 0 aromatic carbocycles. The molecule has 0 atom stereocenters. The van der Waals surface area contributed by atoms with E-state index in [1.807, 2.05) is 32.0 Å². The third-order valence-electron chi connectivity index (χ3n) is 2.51. The normalized spacial score (nSPS) is 10.2. The van der Waals surface area contributed by atoms with Crippen LogP contribution in [0.3, 0.4) is 0 Å². The van der Waals surface area contributed by atoms with Gasteiger partial charge < -0.3 is 10.2 Å². The number of rotatable bonds is 3. The van der Waals surface area contributed by atoms with E-state index in [9.17, 15) is 0 Å². The highest BCUT2D eigenvalue weighted by Crippen LogP contribution is 2.21. The SMILES string of the molecule is CNc1nc(-c2ccncc2C)nc(N(C)C)n1. The third-order valence-corrected chi connectivity index (χ3v) is 2.51. The molecule has 0 amide bonds. The second kappa shape index (κ2) is 4.95. The lowest BCUT2D eigenvalue weighted by atomic mass is 10.1. The van der Waals surface area contributed by atoms with Crippen LogP contribution in [-0.4, -0.2) is 41.1 Å². The fourth-order valence-corrected chi connectivity index (χ4v) is 1.52. The molecule has 0 bridgehead atoms. The van der Waals surface area contributed by atoms with E-state index >= 15 is 0 Å². The Hall–Kier alpha value is -2.24. The molecule has 2 rings (SSSR count). The summed E-state index contributed by atoms with van der Waals surface area (Å²) in [6, 6.07) is 1.91. The van der Waals surface area contributed by atoms with Gasteiger partial charge in [-0.1, -0.05) is 0 Å². The Morgan fingerprint density at radius 2 is 1.94 bits per heavy atom. The van der Waals surface area contributed by atoms with E-state index in [0.717, 1.165) is 11.1 Å². The van der Waals surface area contributed by atoms with Gasteiger partial charge in [-0.3, -0.25) is 4.98 Å². The van der Waals surface area contributed by atoms with Gasteiger partial charge in [-0.2, -0.15) is 15.0 Å². The summed E-state index contributed by atoms with van der Waals surface area (Å²) >= 11 is 0. The summed E-state index contributed by atoms with van der Waals surface area (Å²) in [6.07, 6.45) is 3.54. The second-order valence-corrected chi connectivity index (χ2v) is 4.12. The zero-order chi connectivity index (χ0) is 13.1. The van der Waals surface area contributed by atoms with Gasteiger partial charge in [0.1, 0.15) is 0 Å². The predicted octanol–water partition coefficient (Wildman–Crippen LogP) is 1.35. The monoisotopic (exact) mass is 244 g/mol. The largest absolute Gasteiger partial charge is 0.357 e. The number of hydrogen-bond acceptors (Lipinski definition) is 6. The zero-order valence-electron chi connectivity index (χ0n) is 11.0. The summed E-state index contributed by atoms with van der Waals surface area (Å²) in [5, 5.41) is 2.95. The summed E-state index contributed by atoms with van der Waals surface area (Å²) in [7, 11) is 5.59. The molecule has 0 unspecified atom stereocenters. The van der Waals surface area contributed by atoms with Crippen LogP contribution in [0.1, 0.15) is 5.56 Å². The van der Waals surface area contributed by atoms with Gasteiger partial charge in [-0.05, 0) is 18.6 Å². The number of anilines is 2. The van der Waals surface area contributed by atoms with E-state index in [2.05, 4.69) is 25.3 Å². The van der Waals surface area contributed by atoms with Crippen LogP contribution in [-0.2, 0) is 0 Å². The van der Waals surface area contributed by atoms with Gasteiger partial charge in [0.05, 0.1) is 0 Å². The number of nitrogens with zero attached hydrogens (tertiary/aromatic N) is 5. The summed E-state index contributed by atoms with van der Waals surface area (Å²) in [4.78, 5) is 19.0. The fraction of sp³-hybridized carbons (Fsp3) is 0.333. The number of aryl methyl sites for hydroxylation is 1. The Morgan fingerprint density at radius 3 is 2.56 bits per heavy atom. The molecule has 0 aliphatic rings. The molecule has 0 saturated carbocycles. The highest BCUT2D eigenvalue weighted by Gasteiger charge is 2.10. The molecule has 2 heterocycles. The smallest absolute Gasteiger partial charge is 0.230 e. The molecule has 94 valence electrons. The number of pyridine rings is 1. The van der Waals surface area contributed by atoms with Crippen molar-refractivity contribution < 1.29 is 0 Å². The topological polar surface area (TPSA) is 66.8 Å². The van der Waals surface area contributed by atoms with Gasteiger partial charge in [0, 0.05) is 39.1 Å². The van der Waals surface area contributed by atoms with Crippen molar-refractivity contribution in [2.45, 2.75) is 6.92 Å². The maximum absolute atomic E-state index is 4.45. The molecule has 18 heavy (non-hydrogen) atoms. The average Bonchev–Trinajstić information content (AvgIpc) is 2.38. The lowest BCUT2D eigenvalue weighted by molar-refractivity contribution is 0.962. The first-order valence-electron chi connectivity index (χ1n) is 5.64. The summed E-state index contributed by atoms with van der Waals surface area (Å²) in [5.74, 6) is 1.83. The van der Waals surface area contributed by atoms with Crippen LogP contribution in [0.4, 0.5) is 11.9 Å². The molecule has 0 saturated heterocycles. The lowest BCUT2D eigenvalue weighted by Crippen LogP contribution is -2.15. The first kappa shape index (κ1) is 12.2. The predicted molar refractivity (Wildman–Crippen MR) is 71.7 cm³/mol. The standard InChI is InChI=1S/C12H16N6/c1-8-7-14-6-5-9(8)10-15-11(13-2)17-12(16-10)18(3)4/h5-7H,1-4H3,(H,13,15,16,17). The molecule has 0 aliphatic carbocycles. The van der Waals surface area contributed by atoms with E-state index in [4.69, 9.17) is 0 Å². The van der Waals surface area contributed by atoms with Gasteiger partial charge in [0.25, 0.3) is 0 Å². The van der Waals surface area contributed by atoms with Crippen LogP contribution in [0.2, 0.25) is 0 Å². The number of hydrogen-bond donors (Lipinski definition) is 1. The summed E-state index contributed by atoms with van der Waals surface area (Å²) in [6.45, 7) is 1.99. The van der Waals surface area contributed by atoms with Crippen LogP contribution in [0.25, 0.3) is 11.4 Å². The quantitative estimate of drug-likeness (QED) is 0.879. The van der Waals surface area contributed by atoms with Crippen LogP contribution >= 0.6 is 0 Å². The minimum atomic E-state index is 0.555. The van der Waals surface area contributed by atoms with Gasteiger partial charge in [0.2, 0.25) is 11.9 Å². The van der Waals surface area contributed by atoms with E-state index in [0.29, 0.717) is 17.7 Å². The van der Waals surface area contributed by atoms with Crippen LogP contribution in [0.5, 0.6) is 0 Å². The van der Waals surface area contributed by atoms with Crippen LogP contribution in [0.15, 0.2) is 18.5 Å². The molecule has 6 nitrogen and oxygen atoms in total. The minimum Gasteiger partial charge on any atom is -0.357 e. The van der Waals surface area contributed by atoms with Crippen molar-refractivity contribution in [1.82, 2.24) is 19.9 Å². The van der Waals surface area contributed by atoms with E-state index in [1.54, 1.807) is 19.4 Å². The molecular weight excluding hydrogens is 228 g/mol. The lowest BCUT2D eigenvalue weighted by Gasteiger charge is -2.13. The van der Waals surface area contributed by atoms with Gasteiger partial charge in [0.15, 0.2) is 5.82 Å². The van der Waals surface area contributed by atoms with Crippen molar-refractivity contribution in [2.75, 3.05) is 31.4 Å². The average molecular weight is 244 g/mol. The van der Waals surface area contributed by atoms with Gasteiger partial charge in [-0.15, -0.1) is 0 Å². The molecule has 0 radical (unpaired) electrons. The van der Waals surface area contributed by atoms with Crippen LogP contribution in [0, 0.1) is 6.92 Å². The first-order valence-corrected chi connectivity index (χ1v) is 5.64. The van der Waals surface area contributed by atoms with E-state index in [1.165, 1.54) is 0 Å². The maximum atomic E-state index is 4.45. The molecule has 6 heteroatoms. The molecule has 1 N–H and O–H groups in total. The number of aromatic nitrogens is 4. The van der Waals surface area contributed by atoms with Crippen molar-refractivity contribution >= 4 is 11.9 Å². The molecular formula is C12H16N6. The molecule has 0 fully saturated rings. The summed E-state index contributed by atoms with van der Waals surface area (Å²) in [5.41, 5.74) is 2.00. The molecule has 2 aromatic rings. The van der Waals surface area contributed by atoms with E-state index < -0.39 is 0 Å². The first-order chi connectivity index (χ1) is 8.61. The van der Waals surface area contributed by atoms with E-state index in [-0.39, 0.29) is 0 Å². The fourth-order valence-electron chi connectivity index (χ4n) is 1.52. The Kier molecular flexibility index (Phi) is 3.36. The van der Waals surface area contributed by atoms with Crippen LogP contribution < -0.4 is 10.2 Å².